The number of sulfone groups is 1. The van der Waals surface area contributed by atoms with Crippen molar-refractivity contribution in [2.75, 3.05) is 26.4 Å². The van der Waals surface area contributed by atoms with Crippen molar-refractivity contribution in [3.8, 4) is 34.5 Å². The van der Waals surface area contributed by atoms with E-state index in [2.05, 4.69) is 0 Å². The van der Waals surface area contributed by atoms with Crippen LogP contribution in [0.15, 0.2) is 34.1 Å². The van der Waals surface area contributed by atoms with Gasteiger partial charge in [0.15, 0.2) is 23.0 Å². The zero-order valence-corrected chi connectivity index (χ0v) is 20.5. The molecule has 0 unspecified atom stereocenters. The third kappa shape index (κ3) is 6.16. The third-order valence-electron chi connectivity index (χ3n) is 4.49. The van der Waals surface area contributed by atoms with E-state index < -0.39 is 9.84 Å². The van der Waals surface area contributed by atoms with Gasteiger partial charge >= 0.3 is 0 Å². The Kier molecular flexibility index (Phi) is 9.96. The molecule has 0 aliphatic carbocycles. The van der Waals surface area contributed by atoms with Crippen LogP contribution in [-0.4, -0.2) is 45.1 Å². The van der Waals surface area contributed by atoms with Gasteiger partial charge in [-0.25, -0.2) is 8.42 Å². The van der Waals surface area contributed by atoms with Crippen molar-refractivity contribution in [2.45, 2.75) is 63.2 Å². The molecular formula is C24H34O8S. The van der Waals surface area contributed by atoms with Crippen molar-refractivity contribution in [1.82, 2.24) is 0 Å². The first-order valence-electron chi connectivity index (χ1n) is 11.3. The first-order valence-corrected chi connectivity index (χ1v) is 12.8. The summed E-state index contributed by atoms with van der Waals surface area (Å²) >= 11 is 0. The van der Waals surface area contributed by atoms with Gasteiger partial charge in [-0.05, 0) is 49.9 Å². The Labute approximate surface area is 196 Å². The minimum Gasteiger partial charge on any atom is -0.504 e. The number of ether oxygens (including phenoxy) is 4. The third-order valence-corrected chi connectivity index (χ3v) is 6.29. The highest BCUT2D eigenvalue weighted by Gasteiger charge is 2.32. The fraction of sp³-hybridized carbons (Fsp3) is 0.500. The van der Waals surface area contributed by atoms with Gasteiger partial charge < -0.3 is 29.2 Å². The van der Waals surface area contributed by atoms with E-state index in [-0.39, 0.29) is 70.7 Å². The van der Waals surface area contributed by atoms with Gasteiger partial charge in [-0.2, -0.15) is 0 Å². The Bertz CT molecular complexity index is 942. The summed E-state index contributed by atoms with van der Waals surface area (Å²) in [6, 6.07) is 5.07. The Balaban J connectivity index is 2.74. The standard InChI is InChI=1S/C24H34O8S/c1-5-13-29-21-17(25)9-11-19(23(21)31-15-7-3)33(27,28)20-12-10-18(26)22(30-14-6-2)24(20)32-16-8-4/h9-12,25-26H,5-8,13-16H2,1-4H3. The molecule has 0 aromatic heterocycles. The fourth-order valence-electron chi connectivity index (χ4n) is 2.98. The maximum Gasteiger partial charge on any atom is 0.214 e. The van der Waals surface area contributed by atoms with Crippen molar-refractivity contribution < 1.29 is 37.6 Å². The quantitative estimate of drug-likeness (QED) is 0.383. The van der Waals surface area contributed by atoms with Crippen molar-refractivity contribution >= 4 is 9.84 Å². The summed E-state index contributed by atoms with van der Waals surface area (Å²) in [4.78, 5) is -0.346. The van der Waals surface area contributed by atoms with E-state index in [4.69, 9.17) is 18.9 Å². The Hall–Kier alpha value is -2.81. The second kappa shape index (κ2) is 12.4. The molecule has 0 radical (unpaired) electrons. The van der Waals surface area contributed by atoms with Gasteiger partial charge in [-0.3, -0.25) is 0 Å². The molecule has 0 atom stereocenters. The smallest absolute Gasteiger partial charge is 0.214 e. The SMILES string of the molecule is CCCOc1c(O)ccc(S(=O)(=O)c2ccc(O)c(OCCC)c2OCCC)c1OCCC. The van der Waals surface area contributed by atoms with Crippen LogP contribution in [0.1, 0.15) is 53.4 Å². The molecule has 0 heterocycles. The highest BCUT2D eigenvalue weighted by atomic mass is 32.2. The molecule has 2 N–H and O–H groups in total. The Morgan fingerprint density at radius 2 is 0.879 bits per heavy atom. The van der Waals surface area contributed by atoms with Crippen molar-refractivity contribution in [3.05, 3.63) is 24.3 Å². The highest BCUT2D eigenvalue weighted by Crippen LogP contribution is 2.48. The summed E-state index contributed by atoms with van der Waals surface area (Å²) in [7, 11) is -4.22. The lowest BCUT2D eigenvalue weighted by atomic mass is 10.3. The molecule has 0 saturated heterocycles. The second-order valence-corrected chi connectivity index (χ2v) is 9.27. The second-order valence-electron chi connectivity index (χ2n) is 7.38. The van der Waals surface area contributed by atoms with Crippen LogP contribution in [0, 0.1) is 0 Å². The first-order chi connectivity index (χ1) is 15.8. The maximum atomic E-state index is 13.8. The molecule has 0 saturated carbocycles. The summed E-state index contributed by atoms with van der Waals surface area (Å²) in [6.07, 6.45) is 2.58. The number of rotatable bonds is 14. The average Bonchev–Trinajstić information content (AvgIpc) is 2.79. The summed E-state index contributed by atoms with van der Waals surface area (Å²) in [5, 5.41) is 20.7. The number of aromatic hydroxyl groups is 2. The number of phenolic OH excluding ortho intramolecular Hbond substituents is 2. The Morgan fingerprint density at radius 3 is 1.18 bits per heavy atom. The monoisotopic (exact) mass is 482 g/mol. The summed E-state index contributed by atoms with van der Waals surface area (Å²) < 4.78 is 50.5. The van der Waals surface area contributed by atoms with Crippen LogP contribution in [0.5, 0.6) is 34.5 Å². The van der Waals surface area contributed by atoms with Gasteiger partial charge in [-0.15, -0.1) is 0 Å². The van der Waals surface area contributed by atoms with Gasteiger partial charge in [0.1, 0.15) is 9.79 Å². The number of hydrogen-bond acceptors (Lipinski definition) is 8. The van der Waals surface area contributed by atoms with Crippen LogP contribution in [0.2, 0.25) is 0 Å². The van der Waals surface area contributed by atoms with E-state index in [1.807, 2.05) is 27.7 Å². The molecule has 0 bridgehead atoms. The van der Waals surface area contributed by atoms with Crippen LogP contribution in [-0.2, 0) is 9.84 Å². The van der Waals surface area contributed by atoms with Crippen molar-refractivity contribution in [1.29, 1.82) is 0 Å². The molecule has 184 valence electrons. The van der Waals surface area contributed by atoms with Crippen LogP contribution in [0.4, 0.5) is 0 Å². The van der Waals surface area contributed by atoms with Crippen LogP contribution >= 0.6 is 0 Å². The first kappa shape index (κ1) is 26.4. The highest BCUT2D eigenvalue weighted by molar-refractivity contribution is 7.91. The van der Waals surface area contributed by atoms with E-state index in [9.17, 15) is 18.6 Å². The van der Waals surface area contributed by atoms with E-state index in [0.29, 0.717) is 25.7 Å². The van der Waals surface area contributed by atoms with Gasteiger partial charge in [0.25, 0.3) is 0 Å². The minimum absolute atomic E-state index is 0.0244. The molecule has 0 aliphatic rings. The molecule has 8 nitrogen and oxygen atoms in total. The maximum absolute atomic E-state index is 13.8. The van der Waals surface area contributed by atoms with Gasteiger partial charge in [0.05, 0.1) is 26.4 Å². The molecule has 2 aromatic rings. The molecule has 9 heteroatoms. The van der Waals surface area contributed by atoms with E-state index in [1.165, 1.54) is 24.3 Å². The summed E-state index contributed by atoms with van der Waals surface area (Å²) in [5.74, 6) is -0.596. The molecule has 0 amide bonds. The zero-order chi connectivity index (χ0) is 24.4. The van der Waals surface area contributed by atoms with E-state index in [0.717, 1.165) is 0 Å². The lowest BCUT2D eigenvalue weighted by Crippen LogP contribution is -2.11. The molecular weight excluding hydrogens is 448 g/mol. The van der Waals surface area contributed by atoms with Gasteiger partial charge in [0, 0.05) is 0 Å². The van der Waals surface area contributed by atoms with E-state index in [1.54, 1.807) is 0 Å². The number of hydrogen-bond donors (Lipinski definition) is 2. The average molecular weight is 483 g/mol. The lowest BCUT2D eigenvalue weighted by Gasteiger charge is -2.20. The number of phenols is 2. The molecule has 2 rings (SSSR count). The van der Waals surface area contributed by atoms with Gasteiger partial charge in [-0.1, -0.05) is 27.7 Å². The van der Waals surface area contributed by atoms with Crippen molar-refractivity contribution in [3.63, 3.8) is 0 Å². The molecule has 2 aromatic carbocycles. The minimum atomic E-state index is -4.22. The fourth-order valence-corrected chi connectivity index (χ4v) is 4.50. The van der Waals surface area contributed by atoms with Crippen LogP contribution < -0.4 is 18.9 Å². The number of benzene rings is 2. The summed E-state index contributed by atoms with van der Waals surface area (Å²) in [5.41, 5.74) is 0. The van der Waals surface area contributed by atoms with Gasteiger partial charge in [0.2, 0.25) is 21.3 Å². The molecule has 0 spiro atoms. The molecule has 33 heavy (non-hydrogen) atoms. The lowest BCUT2D eigenvalue weighted by molar-refractivity contribution is 0.251. The van der Waals surface area contributed by atoms with Crippen LogP contribution in [0.3, 0.4) is 0 Å². The predicted molar refractivity (Wildman–Crippen MR) is 125 cm³/mol. The normalized spacial score (nSPS) is 11.3. The topological polar surface area (TPSA) is 112 Å². The largest absolute Gasteiger partial charge is 0.504 e. The Morgan fingerprint density at radius 1 is 0.576 bits per heavy atom. The van der Waals surface area contributed by atoms with Crippen LogP contribution in [0.25, 0.3) is 0 Å². The molecule has 0 aliphatic heterocycles. The van der Waals surface area contributed by atoms with Crippen molar-refractivity contribution in [2.24, 2.45) is 0 Å². The predicted octanol–water partition coefficient (Wildman–Crippen LogP) is 5.09. The summed E-state index contributed by atoms with van der Waals surface area (Å²) in [6.45, 7) is 8.58. The zero-order valence-electron chi connectivity index (χ0n) is 19.7. The van der Waals surface area contributed by atoms with E-state index >= 15 is 0 Å². The molecule has 0 fully saturated rings.